The molecule has 1 aliphatic rings. The molecule has 5 heteroatoms. The Hall–Kier alpha value is -1.23. The molecule has 0 aromatic heterocycles. The molecule has 0 amide bonds. The molecule has 0 saturated heterocycles. The highest BCUT2D eigenvalue weighted by molar-refractivity contribution is 5.65. The zero-order valence-corrected chi connectivity index (χ0v) is 11.3. The maximum absolute atomic E-state index is 12.8. The second-order valence-electron chi connectivity index (χ2n) is 5.54. The van der Waals surface area contributed by atoms with Crippen LogP contribution in [0.3, 0.4) is 0 Å². The number of nitrogens with zero attached hydrogens (tertiary/aromatic N) is 1. The lowest BCUT2D eigenvalue weighted by Crippen LogP contribution is -2.40. The fourth-order valence-corrected chi connectivity index (χ4v) is 2.74. The van der Waals surface area contributed by atoms with E-state index in [9.17, 15) is 13.2 Å². The first-order valence-electron chi connectivity index (χ1n) is 6.29. The van der Waals surface area contributed by atoms with E-state index < -0.39 is 11.7 Å². The molecule has 0 radical (unpaired) electrons. The van der Waals surface area contributed by atoms with Gasteiger partial charge in [-0.1, -0.05) is 19.9 Å². The minimum absolute atomic E-state index is 0.0538. The number of β-amino-alcohol motifs (C(OH)–C–C–N with tert-alkyl or cyclic N) is 1. The van der Waals surface area contributed by atoms with Gasteiger partial charge in [-0.25, -0.2) is 0 Å². The molecule has 0 bridgehead atoms. The predicted octanol–water partition coefficient (Wildman–Crippen LogP) is 3.18. The van der Waals surface area contributed by atoms with Crippen molar-refractivity contribution in [3.63, 3.8) is 0 Å². The third-order valence-electron chi connectivity index (χ3n) is 4.18. The maximum atomic E-state index is 12.8. The Kier molecular flexibility index (Phi) is 3.29. The summed E-state index contributed by atoms with van der Waals surface area (Å²) in [5.41, 5.74) is 0.621. The smallest absolute Gasteiger partial charge is 0.395 e. The van der Waals surface area contributed by atoms with E-state index in [0.717, 1.165) is 11.6 Å². The molecule has 0 aliphatic carbocycles. The summed E-state index contributed by atoms with van der Waals surface area (Å²) in [5.74, 6) is 0. The molecule has 0 fully saturated rings. The summed E-state index contributed by atoms with van der Waals surface area (Å²) < 4.78 is 38.4. The third kappa shape index (κ3) is 2.20. The molecular weight excluding hydrogens is 255 g/mol. The van der Waals surface area contributed by atoms with E-state index in [1.165, 1.54) is 6.07 Å². The SMILES string of the molecule is CC1N(CCO)c2cc(C(F)(F)F)ccc2C1(C)C. The van der Waals surface area contributed by atoms with Crippen molar-refractivity contribution in [1.82, 2.24) is 0 Å². The average Bonchev–Trinajstić information content (AvgIpc) is 2.50. The Morgan fingerprint density at radius 2 is 1.95 bits per heavy atom. The fourth-order valence-electron chi connectivity index (χ4n) is 2.74. The molecule has 1 atom stereocenters. The summed E-state index contributed by atoms with van der Waals surface area (Å²) in [6.45, 7) is 6.28. The van der Waals surface area contributed by atoms with E-state index in [4.69, 9.17) is 5.11 Å². The zero-order chi connectivity index (χ0) is 14.4. The van der Waals surface area contributed by atoms with Gasteiger partial charge in [0.1, 0.15) is 0 Å². The quantitative estimate of drug-likeness (QED) is 0.894. The molecule has 1 aliphatic heterocycles. The van der Waals surface area contributed by atoms with Crippen LogP contribution in [0.25, 0.3) is 0 Å². The van der Waals surface area contributed by atoms with Gasteiger partial charge in [0.15, 0.2) is 0 Å². The Morgan fingerprint density at radius 1 is 1.32 bits per heavy atom. The molecule has 19 heavy (non-hydrogen) atoms. The molecule has 106 valence electrons. The second kappa shape index (κ2) is 4.40. The van der Waals surface area contributed by atoms with Crippen LogP contribution < -0.4 is 4.90 Å². The number of alkyl halides is 3. The number of aliphatic hydroxyl groups excluding tert-OH is 1. The molecule has 1 N–H and O–H groups in total. The number of benzene rings is 1. The summed E-state index contributed by atoms with van der Waals surface area (Å²) in [6, 6.07) is 3.94. The van der Waals surface area contributed by atoms with Gasteiger partial charge < -0.3 is 10.0 Å². The van der Waals surface area contributed by atoms with Crippen LogP contribution in [0.4, 0.5) is 18.9 Å². The van der Waals surface area contributed by atoms with Crippen molar-refractivity contribution in [1.29, 1.82) is 0 Å². The summed E-state index contributed by atoms with van der Waals surface area (Å²) in [5, 5.41) is 9.11. The minimum atomic E-state index is -4.34. The molecule has 2 nitrogen and oxygen atoms in total. The van der Waals surface area contributed by atoms with Crippen molar-refractivity contribution in [3.05, 3.63) is 29.3 Å². The summed E-state index contributed by atoms with van der Waals surface area (Å²) in [7, 11) is 0. The van der Waals surface area contributed by atoms with Crippen molar-refractivity contribution in [2.75, 3.05) is 18.1 Å². The van der Waals surface area contributed by atoms with Crippen molar-refractivity contribution >= 4 is 5.69 Å². The number of hydrogen-bond donors (Lipinski definition) is 1. The summed E-state index contributed by atoms with van der Waals surface area (Å²) in [4.78, 5) is 1.85. The lowest BCUT2D eigenvalue weighted by atomic mass is 9.81. The second-order valence-corrected chi connectivity index (χ2v) is 5.54. The van der Waals surface area contributed by atoms with E-state index in [2.05, 4.69) is 0 Å². The lowest BCUT2D eigenvalue weighted by Gasteiger charge is -2.31. The molecular formula is C14H18F3NO. The Balaban J connectivity index is 2.54. The monoisotopic (exact) mass is 273 g/mol. The van der Waals surface area contributed by atoms with E-state index in [-0.39, 0.29) is 18.1 Å². The molecule has 2 rings (SSSR count). The Morgan fingerprint density at radius 3 is 2.47 bits per heavy atom. The molecule has 1 aromatic rings. The van der Waals surface area contributed by atoms with E-state index >= 15 is 0 Å². The number of fused-ring (bicyclic) bond motifs is 1. The van der Waals surface area contributed by atoms with Gasteiger partial charge in [0.05, 0.1) is 12.2 Å². The number of halogens is 3. The van der Waals surface area contributed by atoms with Crippen LogP contribution in [-0.4, -0.2) is 24.3 Å². The summed E-state index contributed by atoms with van der Waals surface area (Å²) in [6.07, 6.45) is -4.34. The van der Waals surface area contributed by atoms with Crippen molar-refractivity contribution in [2.45, 2.75) is 38.4 Å². The van der Waals surface area contributed by atoms with Crippen LogP contribution in [-0.2, 0) is 11.6 Å². The number of anilines is 1. The van der Waals surface area contributed by atoms with Gasteiger partial charge in [0.2, 0.25) is 0 Å². The normalized spacial score (nSPS) is 21.6. The summed E-state index contributed by atoms with van der Waals surface area (Å²) >= 11 is 0. The topological polar surface area (TPSA) is 23.5 Å². The van der Waals surface area contributed by atoms with Gasteiger partial charge in [-0.2, -0.15) is 13.2 Å². The fraction of sp³-hybridized carbons (Fsp3) is 0.571. The Labute approximate surface area is 110 Å². The van der Waals surface area contributed by atoms with Crippen LogP contribution in [0.1, 0.15) is 31.9 Å². The van der Waals surface area contributed by atoms with Gasteiger partial charge >= 0.3 is 6.18 Å². The highest BCUT2D eigenvalue weighted by Gasteiger charge is 2.43. The average molecular weight is 273 g/mol. The lowest BCUT2D eigenvalue weighted by molar-refractivity contribution is -0.137. The number of aliphatic hydroxyl groups is 1. The molecule has 1 aromatic carbocycles. The van der Waals surface area contributed by atoms with Crippen LogP contribution in [0.15, 0.2) is 18.2 Å². The van der Waals surface area contributed by atoms with Crippen molar-refractivity contribution in [3.8, 4) is 0 Å². The molecule has 1 unspecified atom stereocenters. The molecule has 1 heterocycles. The van der Waals surface area contributed by atoms with Crippen molar-refractivity contribution < 1.29 is 18.3 Å². The van der Waals surface area contributed by atoms with Crippen LogP contribution in [0.2, 0.25) is 0 Å². The maximum Gasteiger partial charge on any atom is 0.416 e. The predicted molar refractivity (Wildman–Crippen MR) is 68.4 cm³/mol. The zero-order valence-electron chi connectivity index (χ0n) is 11.3. The highest BCUT2D eigenvalue weighted by atomic mass is 19.4. The van der Waals surface area contributed by atoms with Crippen molar-refractivity contribution in [2.24, 2.45) is 0 Å². The van der Waals surface area contributed by atoms with Crippen LogP contribution in [0.5, 0.6) is 0 Å². The van der Waals surface area contributed by atoms with E-state index in [1.807, 2.05) is 25.7 Å². The van der Waals surface area contributed by atoms with Gasteiger partial charge in [0, 0.05) is 23.7 Å². The number of rotatable bonds is 2. The largest absolute Gasteiger partial charge is 0.416 e. The van der Waals surface area contributed by atoms with Gasteiger partial charge in [-0.05, 0) is 24.6 Å². The first kappa shape index (κ1) is 14.2. The molecule has 0 spiro atoms. The highest BCUT2D eigenvalue weighted by Crippen LogP contribution is 2.46. The van der Waals surface area contributed by atoms with E-state index in [0.29, 0.717) is 12.2 Å². The third-order valence-corrected chi connectivity index (χ3v) is 4.18. The standard InChI is InChI=1S/C14H18F3NO/c1-9-13(2,3)11-5-4-10(14(15,16)17)8-12(11)18(9)6-7-19/h4-5,8-9,19H,6-7H2,1-3H3. The first-order chi connectivity index (χ1) is 8.69. The Bertz CT molecular complexity index is 482. The van der Waals surface area contributed by atoms with Gasteiger partial charge in [0.25, 0.3) is 0 Å². The van der Waals surface area contributed by atoms with Crippen LogP contribution >= 0.6 is 0 Å². The van der Waals surface area contributed by atoms with Gasteiger partial charge in [-0.3, -0.25) is 0 Å². The van der Waals surface area contributed by atoms with Gasteiger partial charge in [-0.15, -0.1) is 0 Å². The first-order valence-corrected chi connectivity index (χ1v) is 6.29. The minimum Gasteiger partial charge on any atom is -0.395 e. The van der Waals surface area contributed by atoms with Crippen LogP contribution in [0, 0.1) is 0 Å². The number of hydrogen-bond acceptors (Lipinski definition) is 2. The molecule has 0 saturated carbocycles. The van der Waals surface area contributed by atoms with E-state index in [1.54, 1.807) is 6.07 Å².